The lowest BCUT2D eigenvalue weighted by Crippen LogP contribution is -2.56. The number of rotatable bonds is 12. The number of ether oxygens (including phenoxy) is 3. The van der Waals surface area contributed by atoms with Crippen molar-refractivity contribution < 1.29 is 28.9 Å². The zero-order chi connectivity index (χ0) is 31.7. The summed E-state index contributed by atoms with van der Waals surface area (Å²) in [6.45, 7) is 7.14. The van der Waals surface area contributed by atoms with Crippen molar-refractivity contribution in [2.45, 2.75) is 62.2 Å². The number of nitrogens with one attached hydrogen (secondary N) is 1. The molecule has 1 heterocycles. The maximum atomic E-state index is 13.0. The topological polar surface area (TPSA) is 97.3 Å². The number of hydrogen-bond acceptors (Lipinski definition) is 7. The van der Waals surface area contributed by atoms with Gasteiger partial charge in [0.25, 0.3) is 0 Å². The van der Waals surface area contributed by atoms with Crippen LogP contribution in [0.3, 0.4) is 0 Å². The molecule has 1 fully saturated rings. The minimum Gasteiger partial charge on any atom is -0.496 e. The summed E-state index contributed by atoms with van der Waals surface area (Å²) >= 11 is 1.77. The van der Waals surface area contributed by atoms with Gasteiger partial charge in [-0.1, -0.05) is 60.7 Å². The number of carbonyl (C=O) groups excluding carboxylic acids is 1. The Kier molecular flexibility index (Phi) is 11.2. The van der Waals surface area contributed by atoms with E-state index in [1.165, 1.54) is 5.56 Å². The number of nitrogens with zero attached hydrogens (tertiary/aromatic N) is 1. The van der Waals surface area contributed by atoms with Crippen LogP contribution in [-0.4, -0.2) is 72.3 Å². The first kappa shape index (κ1) is 33.2. The average molecular weight is 621 g/mol. The Morgan fingerprint density at radius 2 is 1.61 bits per heavy atom. The van der Waals surface area contributed by atoms with Gasteiger partial charge in [-0.25, -0.2) is 4.79 Å². The zero-order valence-electron chi connectivity index (χ0n) is 26.3. The molecule has 0 spiro atoms. The summed E-state index contributed by atoms with van der Waals surface area (Å²) in [6, 6.07) is 22.9. The third-order valence-electron chi connectivity index (χ3n) is 7.66. The molecule has 2 atom stereocenters. The van der Waals surface area contributed by atoms with E-state index in [0.29, 0.717) is 37.6 Å². The lowest BCUT2D eigenvalue weighted by atomic mass is 9.95. The maximum absolute atomic E-state index is 13.0. The minimum absolute atomic E-state index is 0.313. The van der Waals surface area contributed by atoms with Gasteiger partial charge in [0.2, 0.25) is 0 Å². The van der Waals surface area contributed by atoms with Gasteiger partial charge in [0.1, 0.15) is 23.1 Å². The molecule has 1 aliphatic heterocycles. The molecule has 1 aliphatic rings. The van der Waals surface area contributed by atoms with Crippen molar-refractivity contribution >= 4 is 23.8 Å². The van der Waals surface area contributed by atoms with Crippen LogP contribution in [-0.2, 0) is 21.7 Å². The molecule has 0 aliphatic carbocycles. The van der Waals surface area contributed by atoms with Crippen LogP contribution in [0, 0.1) is 0 Å². The first-order valence-corrected chi connectivity index (χ1v) is 15.9. The molecule has 9 heteroatoms. The Hall–Kier alpha value is -3.69. The number of likely N-dealkylation sites (tertiary alicyclic amines) is 1. The third kappa shape index (κ3) is 8.92. The van der Waals surface area contributed by atoms with E-state index in [9.17, 15) is 14.7 Å². The number of benzene rings is 3. The van der Waals surface area contributed by atoms with Crippen LogP contribution < -0.4 is 14.8 Å². The molecule has 0 radical (unpaired) electrons. The smallest absolute Gasteiger partial charge is 0.410 e. The van der Waals surface area contributed by atoms with E-state index in [1.54, 1.807) is 30.9 Å². The van der Waals surface area contributed by atoms with Crippen molar-refractivity contribution in [1.82, 2.24) is 10.2 Å². The molecule has 1 amide bonds. The van der Waals surface area contributed by atoms with Crippen LogP contribution in [0.5, 0.6) is 11.5 Å². The second-order valence-corrected chi connectivity index (χ2v) is 13.6. The van der Waals surface area contributed by atoms with E-state index < -0.39 is 17.6 Å². The van der Waals surface area contributed by atoms with Gasteiger partial charge in [0, 0.05) is 30.1 Å². The van der Waals surface area contributed by atoms with Gasteiger partial charge in [-0.15, -0.1) is 11.8 Å². The zero-order valence-corrected chi connectivity index (χ0v) is 27.1. The SMILES string of the molecule is COc1cccc(OC)c1-c1ccc(C[C@H](NCC2(SCc3ccccc3)CCCN(C(=O)OC(C)(C)C)C2)C(=O)O)cc1. The van der Waals surface area contributed by atoms with Gasteiger partial charge in [0.05, 0.1) is 19.8 Å². The molecule has 3 aromatic carbocycles. The number of carboxylic acid groups (broad SMARTS) is 1. The van der Waals surface area contributed by atoms with Gasteiger partial charge in [-0.3, -0.25) is 4.79 Å². The molecular weight excluding hydrogens is 576 g/mol. The number of hydrogen-bond donors (Lipinski definition) is 2. The number of thioether (sulfide) groups is 1. The molecule has 4 rings (SSSR count). The molecule has 1 saturated heterocycles. The Morgan fingerprint density at radius 1 is 0.955 bits per heavy atom. The van der Waals surface area contributed by atoms with Gasteiger partial charge in [0.15, 0.2) is 0 Å². The molecule has 1 unspecified atom stereocenters. The quantitative estimate of drug-likeness (QED) is 0.232. The van der Waals surface area contributed by atoms with Crippen molar-refractivity contribution in [3.05, 3.63) is 83.9 Å². The molecule has 0 saturated carbocycles. The first-order valence-electron chi connectivity index (χ1n) is 14.9. The highest BCUT2D eigenvalue weighted by Crippen LogP contribution is 2.39. The van der Waals surface area contributed by atoms with E-state index in [-0.39, 0.29) is 10.8 Å². The van der Waals surface area contributed by atoms with Crippen molar-refractivity contribution in [3.63, 3.8) is 0 Å². The normalized spacial score (nSPS) is 17.5. The highest BCUT2D eigenvalue weighted by molar-refractivity contribution is 8.00. The fourth-order valence-corrected chi connectivity index (χ4v) is 6.83. The lowest BCUT2D eigenvalue weighted by Gasteiger charge is -2.43. The molecule has 0 aromatic heterocycles. The van der Waals surface area contributed by atoms with Gasteiger partial charge in [-0.05, 0) is 68.9 Å². The number of aliphatic carboxylic acids is 1. The molecule has 3 aromatic rings. The van der Waals surface area contributed by atoms with E-state index in [4.69, 9.17) is 14.2 Å². The summed E-state index contributed by atoms with van der Waals surface area (Å²) in [7, 11) is 3.25. The highest BCUT2D eigenvalue weighted by Gasteiger charge is 2.40. The Morgan fingerprint density at radius 3 is 2.20 bits per heavy atom. The van der Waals surface area contributed by atoms with E-state index >= 15 is 0 Å². The molecule has 8 nitrogen and oxygen atoms in total. The second kappa shape index (κ2) is 14.9. The number of carbonyl (C=O) groups is 2. The number of carboxylic acids is 1. The Bertz CT molecular complexity index is 1370. The number of piperidine rings is 1. The van der Waals surface area contributed by atoms with Crippen LogP contribution >= 0.6 is 11.8 Å². The van der Waals surface area contributed by atoms with Crippen molar-refractivity contribution in [3.8, 4) is 22.6 Å². The predicted molar refractivity (Wildman–Crippen MR) is 176 cm³/mol. The fourth-order valence-electron chi connectivity index (χ4n) is 5.44. The summed E-state index contributed by atoms with van der Waals surface area (Å²) in [6.07, 6.45) is 1.66. The van der Waals surface area contributed by atoms with Crippen LogP contribution in [0.15, 0.2) is 72.8 Å². The average Bonchev–Trinajstić information content (AvgIpc) is 3.01. The van der Waals surface area contributed by atoms with Crippen molar-refractivity contribution in [2.75, 3.05) is 33.9 Å². The van der Waals surface area contributed by atoms with Gasteiger partial charge < -0.3 is 29.5 Å². The molecule has 236 valence electrons. The summed E-state index contributed by atoms with van der Waals surface area (Å²) in [4.78, 5) is 27.3. The number of methoxy groups -OCH3 is 2. The van der Waals surface area contributed by atoms with Crippen LogP contribution in [0.2, 0.25) is 0 Å². The van der Waals surface area contributed by atoms with Crippen molar-refractivity contribution in [1.29, 1.82) is 0 Å². The van der Waals surface area contributed by atoms with Crippen LogP contribution in [0.25, 0.3) is 11.1 Å². The Labute approximate surface area is 265 Å². The molecule has 0 bridgehead atoms. The molecule has 2 N–H and O–H groups in total. The molecule has 44 heavy (non-hydrogen) atoms. The summed E-state index contributed by atoms with van der Waals surface area (Å²) in [5, 5.41) is 13.6. The monoisotopic (exact) mass is 620 g/mol. The van der Waals surface area contributed by atoms with E-state index in [1.807, 2.05) is 81.4 Å². The minimum atomic E-state index is -0.913. The first-order chi connectivity index (χ1) is 21.0. The van der Waals surface area contributed by atoms with Crippen LogP contribution in [0.1, 0.15) is 44.7 Å². The van der Waals surface area contributed by atoms with Gasteiger partial charge in [-0.2, -0.15) is 0 Å². The summed E-state index contributed by atoms with van der Waals surface area (Å²) < 4.78 is 16.4. The standard InChI is InChI=1S/C35H44N2O6S/c1-34(2,3)43-33(40)37-20-10-19-35(24-37,44-22-26-11-7-6-8-12-26)23-36-28(32(38)39)21-25-15-17-27(18-16-25)31-29(41-4)13-9-14-30(31)42-5/h6-9,11-18,28,36H,10,19-24H2,1-5H3,(H,38,39)/t28-,35?/m0/s1. The highest BCUT2D eigenvalue weighted by atomic mass is 32.2. The van der Waals surface area contributed by atoms with E-state index in [2.05, 4.69) is 17.4 Å². The lowest BCUT2D eigenvalue weighted by molar-refractivity contribution is -0.139. The predicted octanol–water partition coefficient (Wildman–Crippen LogP) is 6.66. The maximum Gasteiger partial charge on any atom is 0.410 e. The third-order valence-corrected chi connectivity index (χ3v) is 9.23. The molecular formula is C35H44N2O6S. The summed E-state index contributed by atoms with van der Waals surface area (Å²) in [5.41, 5.74) is 3.26. The van der Waals surface area contributed by atoms with Crippen molar-refractivity contribution in [2.24, 2.45) is 0 Å². The van der Waals surface area contributed by atoms with Gasteiger partial charge >= 0.3 is 12.1 Å². The number of amides is 1. The second-order valence-electron chi connectivity index (χ2n) is 12.2. The van der Waals surface area contributed by atoms with E-state index in [0.717, 1.165) is 35.3 Å². The Balaban J connectivity index is 1.50. The largest absolute Gasteiger partial charge is 0.496 e. The van der Waals surface area contributed by atoms with Crippen LogP contribution in [0.4, 0.5) is 4.79 Å². The fraction of sp³-hybridized carbons (Fsp3) is 0.429. The summed E-state index contributed by atoms with van der Waals surface area (Å²) in [5.74, 6) is 1.25.